The molecule has 1 N–H and O–H groups in total. The van der Waals surface area contributed by atoms with Gasteiger partial charge in [0, 0.05) is 66.1 Å². The van der Waals surface area contributed by atoms with Crippen molar-refractivity contribution in [1.29, 1.82) is 0 Å². The number of anilines is 3. The first-order chi connectivity index (χ1) is 15.0. The first-order valence-electron chi connectivity index (χ1n) is 10.9. The highest BCUT2D eigenvalue weighted by Gasteiger charge is 2.31. The van der Waals surface area contributed by atoms with E-state index in [0.29, 0.717) is 18.5 Å². The van der Waals surface area contributed by atoms with Crippen LogP contribution >= 0.6 is 11.6 Å². The third kappa shape index (κ3) is 5.13. The summed E-state index contributed by atoms with van der Waals surface area (Å²) in [5.41, 5.74) is 2.94. The largest absolute Gasteiger partial charge is 0.550 e. The van der Waals surface area contributed by atoms with Gasteiger partial charge in [-0.25, -0.2) is 0 Å². The number of carbonyl (C=O) groups excluding carboxylic acids is 2. The van der Waals surface area contributed by atoms with E-state index >= 15 is 0 Å². The summed E-state index contributed by atoms with van der Waals surface area (Å²) in [7, 11) is 0. The van der Waals surface area contributed by atoms with Crippen LogP contribution in [0.15, 0.2) is 48.5 Å². The monoisotopic (exact) mass is 440 g/mol. The van der Waals surface area contributed by atoms with Gasteiger partial charge < -0.3 is 25.0 Å². The van der Waals surface area contributed by atoms with Gasteiger partial charge in [-0.15, -0.1) is 0 Å². The smallest absolute Gasteiger partial charge is 0.228 e. The highest BCUT2D eigenvalue weighted by atomic mass is 35.5. The lowest BCUT2D eigenvalue weighted by molar-refractivity contribution is -0.313. The molecule has 7 heteroatoms. The number of hydrogen-bond acceptors (Lipinski definition) is 5. The summed E-state index contributed by atoms with van der Waals surface area (Å²) in [4.78, 5) is 28.6. The summed E-state index contributed by atoms with van der Waals surface area (Å²) in [5.74, 6) is -2.55. The van der Waals surface area contributed by atoms with E-state index in [-0.39, 0.29) is 5.91 Å². The van der Waals surface area contributed by atoms with E-state index in [1.165, 1.54) is 0 Å². The number of piperazine rings is 1. The second-order valence-electron chi connectivity index (χ2n) is 8.31. The Bertz CT molecular complexity index is 926. The van der Waals surface area contributed by atoms with Gasteiger partial charge in [-0.1, -0.05) is 30.5 Å². The average molecular weight is 441 g/mol. The van der Waals surface area contributed by atoms with E-state index < -0.39 is 17.8 Å². The molecule has 31 heavy (non-hydrogen) atoms. The van der Waals surface area contributed by atoms with Crippen molar-refractivity contribution in [3.05, 3.63) is 53.6 Å². The summed E-state index contributed by atoms with van der Waals surface area (Å²) in [6.07, 6.45) is 2.82. The van der Waals surface area contributed by atoms with Crippen LogP contribution in [0.4, 0.5) is 17.1 Å². The number of halogens is 1. The number of rotatable bonds is 5. The van der Waals surface area contributed by atoms with Crippen LogP contribution in [0, 0.1) is 11.8 Å². The molecule has 2 fully saturated rings. The van der Waals surface area contributed by atoms with Crippen molar-refractivity contribution >= 4 is 40.5 Å². The minimum atomic E-state index is -1.12. The van der Waals surface area contributed by atoms with Gasteiger partial charge in [-0.05, 0) is 55.3 Å². The molecule has 1 saturated carbocycles. The lowest BCUT2D eigenvalue weighted by Gasteiger charge is -2.37. The Morgan fingerprint density at radius 2 is 1.48 bits per heavy atom. The molecule has 2 aromatic rings. The number of carbonyl (C=O) groups is 2. The van der Waals surface area contributed by atoms with Crippen LogP contribution in [0.1, 0.15) is 25.7 Å². The molecule has 0 radical (unpaired) electrons. The molecule has 0 aromatic heterocycles. The van der Waals surface area contributed by atoms with Crippen LogP contribution in [0.25, 0.3) is 0 Å². The zero-order valence-electron chi connectivity index (χ0n) is 17.4. The maximum atomic E-state index is 12.6. The fraction of sp³-hybridized carbons (Fsp3) is 0.417. The highest BCUT2D eigenvalue weighted by Crippen LogP contribution is 2.31. The van der Waals surface area contributed by atoms with E-state index in [9.17, 15) is 14.7 Å². The number of aliphatic carboxylic acids is 1. The second kappa shape index (κ2) is 9.60. The number of amides is 1. The van der Waals surface area contributed by atoms with Gasteiger partial charge in [0.25, 0.3) is 0 Å². The normalized spacial score (nSPS) is 21.6. The van der Waals surface area contributed by atoms with Crippen LogP contribution in [0.3, 0.4) is 0 Å². The van der Waals surface area contributed by atoms with Crippen LogP contribution in [0.2, 0.25) is 5.02 Å². The standard InChI is InChI=1S/C24H28ClN3O3/c25-17-4-3-5-20(16-17)28-14-12-27(13-15-28)19-10-8-18(9-11-19)26-23(29)21-6-1-2-7-22(21)24(30)31/h3-5,8-11,16,21-22H,1-2,6-7,12-15H2,(H,26,29)(H,30,31)/p-1/t21-,22-/m1/s1. The van der Waals surface area contributed by atoms with Crippen molar-refractivity contribution in [1.82, 2.24) is 0 Å². The summed E-state index contributed by atoms with van der Waals surface area (Å²) >= 11 is 6.11. The topological polar surface area (TPSA) is 75.7 Å². The Kier molecular flexibility index (Phi) is 6.66. The van der Waals surface area contributed by atoms with Crippen molar-refractivity contribution < 1.29 is 14.7 Å². The molecule has 1 aliphatic heterocycles. The first kappa shape index (κ1) is 21.5. The number of benzene rings is 2. The van der Waals surface area contributed by atoms with Crippen LogP contribution in [-0.2, 0) is 9.59 Å². The van der Waals surface area contributed by atoms with Gasteiger partial charge in [-0.3, -0.25) is 4.79 Å². The quantitative estimate of drug-likeness (QED) is 0.772. The van der Waals surface area contributed by atoms with Gasteiger partial charge >= 0.3 is 0 Å². The summed E-state index contributed by atoms with van der Waals surface area (Å²) in [5, 5.41) is 15.0. The van der Waals surface area contributed by atoms with E-state index in [4.69, 9.17) is 11.6 Å². The van der Waals surface area contributed by atoms with Gasteiger partial charge in [0.05, 0.1) is 0 Å². The molecule has 1 amide bonds. The first-order valence-corrected chi connectivity index (χ1v) is 11.3. The minimum Gasteiger partial charge on any atom is -0.550 e. The second-order valence-corrected chi connectivity index (χ2v) is 8.74. The number of nitrogens with zero attached hydrogens (tertiary/aromatic N) is 2. The molecule has 2 aliphatic rings. The third-order valence-electron chi connectivity index (χ3n) is 6.36. The number of nitrogens with one attached hydrogen (secondary N) is 1. The molecular weight excluding hydrogens is 414 g/mol. The van der Waals surface area contributed by atoms with Gasteiger partial charge in [-0.2, -0.15) is 0 Å². The van der Waals surface area contributed by atoms with Crippen molar-refractivity contribution in [2.45, 2.75) is 25.7 Å². The Balaban J connectivity index is 1.33. The summed E-state index contributed by atoms with van der Waals surface area (Å²) in [6.45, 7) is 3.61. The molecule has 4 rings (SSSR count). The summed E-state index contributed by atoms with van der Waals surface area (Å²) in [6, 6.07) is 15.7. The summed E-state index contributed by atoms with van der Waals surface area (Å²) < 4.78 is 0. The average Bonchev–Trinajstić information content (AvgIpc) is 2.79. The molecule has 1 saturated heterocycles. The highest BCUT2D eigenvalue weighted by molar-refractivity contribution is 6.30. The minimum absolute atomic E-state index is 0.225. The third-order valence-corrected chi connectivity index (χ3v) is 6.59. The van der Waals surface area contributed by atoms with Crippen molar-refractivity contribution in [2.24, 2.45) is 11.8 Å². The fourth-order valence-electron chi connectivity index (χ4n) is 4.61. The molecule has 0 bridgehead atoms. The van der Waals surface area contributed by atoms with Gasteiger partial charge in [0.1, 0.15) is 0 Å². The SMILES string of the molecule is O=C([O-])[C@@H]1CCCC[C@H]1C(=O)Nc1ccc(N2CCN(c3cccc(Cl)c3)CC2)cc1. The van der Waals surface area contributed by atoms with E-state index in [2.05, 4.69) is 21.2 Å². The molecule has 0 unspecified atom stereocenters. The molecule has 2 atom stereocenters. The molecule has 1 heterocycles. The Labute approximate surface area is 187 Å². The maximum Gasteiger partial charge on any atom is 0.228 e. The lowest BCUT2D eigenvalue weighted by Crippen LogP contribution is -2.46. The van der Waals surface area contributed by atoms with Crippen molar-refractivity contribution in [3.8, 4) is 0 Å². The number of hydrogen-bond donors (Lipinski definition) is 1. The van der Waals surface area contributed by atoms with Crippen molar-refractivity contribution in [2.75, 3.05) is 41.3 Å². The number of carboxylic acid groups (broad SMARTS) is 1. The fourth-order valence-corrected chi connectivity index (χ4v) is 4.80. The van der Waals surface area contributed by atoms with Crippen LogP contribution < -0.4 is 20.2 Å². The Morgan fingerprint density at radius 1 is 0.871 bits per heavy atom. The molecule has 6 nitrogen and oxygen atoms in total. The molecular formula is C24H27ClN3O3-. The molecule has 2 aromatic carbocycles. The van der Waals surface area contributed by atoms with Gasteiger partial charge in [0.15, 0.2) is 0 Å². The maximum absolute atomic E-state index is 12.6. The van der Waals surface area contributed by atoms with E-state index in [1.807, 2.05) is 42.5 Å². The molecule has 1 aliphatic carbocycles. The van der Waals surface area contributed by atoms with Gasteiger partial charge in [0.2, 0.25) is 5.91 Å². The lowest BCUT2D eigenvalue weighted by atomic mass is 9.78. The number of carboxylic acids is 1. The zero-order valence-corrected chi connectivity index (χ0v) is 18.2. The molecule has 164 valence electrons. The molecule has 0 spiro atoms. The van der Waals surface area contributed by atoms with E-state index in [0.717, 1.165) is 55.4 Å². The van der Waals surface area contributed by atoms with Crippen molar-refractivity contribution in [3.63, 3.8) is 0 Å². The van der Waals surface area contributed by atoms with E-state index in [1.54, 1.807) is 0 Å². The zero-order chi connectivity index (χ0) is 21.8. The van der Waals surface area contributed by atoms with Crippen LogP contribution in [-0.4, -0.2) is 38.1 Å². The Hall–Kier alpha value is -2.73. The predicted molar refractivity (Wildman–Crippen MR) is 121 cm³/mol. The van der Waals surface area contributed by atoms with Crippen LogP contribution in [0.5, 0.6) is 0 Å². The predicted octanol–water partition coefficient (Wildman–Crippen LogP) is 3.16. The Morgan fingerprint density at radius 3 is 2.10 bits per heavy atom.